The van der Waals surface area contributed by atoms with Crippen LogP contribution in [-0.4, -0.2) is 6.61 Å². The van der Waals surface area contributed by atoms with Gasteiger partial charge in [0.25, 0.3) is 0 Å². The SMILES string of the molecule is C=COOOOOOOCCCCCCCCCC. The number of hydrogen-bond acceptors (Lipinski definition) is 7. The first-order valence-electron chi connectivity index (χ1n) is 6.64. The number of hydrogen-bond donors (Lipinski definition) is 0. The summed E-state index contributed by atoms with van der Waals surface area (Å²) in [7, 11) is 0. The molecule has 0 atom stereocenters. The van der Waals surface area contributed by atoms with Crippen LogP contribution in [0.15, 0.2) is 12.8 Å². The zero-order valence-electron chi connectivity index (χ0n) is 11.5. The summed E-state index contributed by atoms with van der Waals surface area (Å²) in [6.45, 7) is 5.82. The molecule has 7 nitrogen and oxygen atoms in total. The molecule has 0 aromatic carbocycles. The fourth-order valence-corrected chi connectivity index (χ4v) is 1.43. The molecule has 0 saturated carbocycles. The summed E-state index contributed by atoms with van der Waals surface area (Å²) in [5, 5.41) is 19.7. The molecule has 0 rings (SSSR count). The highest BCUT2D eigenvalue weighted by atomic mass is 17.9. The largest absolute Gasteiger partial charge is 0.315 e. The van der Waals surface area contributed by atoms with Crippen LogP contribution in [0.5, 0.6) is 0 Å². The predicted octanol–water partition coefficient (Wildman–Crippen LogP) is 3.88. The molecule has 7 heteroatoms. The first-order valence-corrected chi connectivity index (χ1v) is 6.64. The van der Waals surface area contributed by atoms with Gasteiger partial charge in [-0.1, -0.05) is 58.4 Å². The van der Waals surface area contributed by atoms with Crippen LogP contribution in [0.2, 0.25) is 0 Å². The van der Waals surface area contributed by atoms with Crippen LogP contribution in [0, 0.1) is 0 Å². The molecule has 19 heavy (non-hydrogen) atoms. The smallest absolute Gasteiger partial charge is 0.125 e. The van der Waals surface area contributed by atoms with Crippen molar-refractivity contribution in [1.29, 1.82) is 0 Å². The van der Waals surface area contributed by atoms with E-state index in [1.54, 1.807) is 0 Å². The lowest BCUT2D eigenvalue weighted by molar-refractivity contribution is -0.786. The van der Waals surface area contributed by atoms with Gasteiger partial charge in [0.1, 0.15) is 6.26 Å². The molecule has 0 aromatic rings. The highest BCUT2D eigenvalue weighted by Crippen LogP contribution is 2.08. The Morgan fingerprint density at radius 2 is 1.32 bits per heavy atom. The highest BCUT2D eigenvalue weighted by molar-refractivity contribution is 4.45. The molecule has 0 amide bonds. The van der Waals surface area contributed by atoms with Crippen molar-refractivity contribution in [2.24, 2.45) is 0 Å². The highest BCUT2D eigenvalue weighted by Gasteiger charge is 1.95. The fraction of sp³-hybridized carbons (Fsp3) is 0.833. The summed E-state index contributed by atoms with van der Waals surface area (Å²) in [6.07, 6.45) is 10.7. The lowest BCUT2D eigenvalue weighted by Crippen LogP contribution is -2.01. The summed E-state index contributed by atoms with van der Waals surface area (Å²) >= 11 is 0. The first kappa shape index (κ1) is 18.3. The normalized spacial score (nSPS) is 10.6. The molecular weight excluding hydrogens is 256 g/mol. The maximum Gasteiger partial charge on any atom is 0.125 e. The maximum absolute atomic E-state index is 4.64. The summed E-state index contributed by atoms with van der Waals surface area (Å²) in [5.74, 6) is 0. The van der Waals surface area contributed by atoms with Gasteiger partial charge in [-0.25, -0.2) is 4.89 Å². The Labute approximate surface area is 113 Å². The Balaban J connectivity index is 2.89. The average Bonchev–Trinajstić information content (AvgIpc) is 2.43. The van der Waals surface area contributed by atoms with E-state index in [4.69, 9.17) is 0 Å². The second-order valence-corrected chi connectivity index (χ2v) is 3.90. The molecule has 0 heterocycles. The molecule has 0 N–H and O–H groups in total. The van der Waals surface area contributed by atoms with Gasteiger partial charge in [-0.2, -0.15) is 0 Å². The van der Waals surface area contributed by atoms with Crippen LogP contribution in [-0.2, 0) is 35.0 Å². The molecule has 0 radical (unpaired) electrons. The van der Waals surface area contributed by atoms with Crippen LogP contribution >= 0.6 is 0 Å². The Morgan fingerprint density at radius 3 is 2.00 bits per heavy atom. The van der Waals surface area contributed by atoms with Gasteiger partial charge in [0.15, 0.2) is 0 Å². The van der Waals surface area contributed by atoms with Crippen molar-refractivity contribution in [2.75, 3.05) is 6.61 Å². The third-order valence-electron chi connectivity index (χ3n) is 2.35. The van der Waals surface area contributed by atoms with E-state index in [0.29, 0.717) is 6.61 Å². The van der Waals surface area contributed by atoms with Gasteiger partial charge >= 0.3 is 0 Å². The van der Waals surface area contributed by atoms with Gasteiger partial charge in [-0.05, 0) is 16.5 Å². The second-order valence-electron chi connectivity index (χ2n) is 3.90. The van der Waals surface area contributed by atoms with Crippen molar-refractivity contribution in [3.63, 3.8) is 0 Å². The van der Waals surface area contributed by atoms with Crippen LogP contribution < -0.4 is 0 Å². The standard InChI is InChI=1S/C12H24O7/c1-3-5-6-7-8-9-10-11-12-14-16-18-19-17-15-13-4-2/h4H,2-3,5-12H2,1H3. The van der Waals surface area contributed by atoms with E-state index in [0.717, 1.165) is 19.1 Å². The van der Waals surface area contributed by atoms with Gasteiger partial charge in [0.05, 0.1) is 6.61 Å². The van der Waals surface area contributed by atoms with Crippen LogP contribution in [0.25, 0.3) is 0 Å². The minimum absolute atomic E-state index is 0.419. The number of unbranched alkanes of at least 4 members (excludes halogenated alkanes) is 7. The van der Waals surface area contributed by atoms with E-state index < -0.39 is 0 Å². The summed E-state index contributed by atoms with van der Waals surface area (Å²) < 4.78 is 0. The first-order chi connectivity index (χ1) is 9.41. The Morgan fingerprint density at radius 1 is 0.737 bits per heavy atom. The van der Waals surface area contributed by atoms with Gasteiger partial charge in [0.2, 0.25) is 0 Å². The Bertz CT molecular complexity index is 177. The minimum atomic E-state index is 0.419. The average molecular weight is 280 g/mol. The van der Waals surface area contributed by atoms with Gasteiger partial charge in [-0.15, -0.1) is 0 Å². The summed E-state index contributed by atoms with van der Waals surface area (Å²) in [4.78, 5) is 8.72. The van der Waals surface area contributed by atoms with Crippen molar-refractivity contribution >= 4 is 0 Å². The molecule has 0 aliphatic carbocycles. The van der Waals surface area contributed by atoms with Crippen molar-refractivity contribution in [3.05, 3.63) is 12.8 Å². The lowest BCUT2D eigenvalue weighted by Gasteiger charge is -2.02. The minimum Gasteiger partial charge on any atom is -0.315 e. The molecule has 114 valence electrons. The van der Waals surface area contributed by atoms with Gasteiger partial charge in [0, 0.05) is 15.1 Å². The van der Waals surface area contributed by atoms with Crippen molar-refractivity contribution in [2.45, 2.75) is 58.3 Å². The maximum atomic E-state index is 4.64. The van der Waals surface area contributed by atoms with Crippen LogP contribution in [0.4, 0.5) is 0 Å². The Kier molecular flexibility index (Phi) is 16.7. The lowest BCUT2D eigenvalue weighted by atomic mass is 10.1. The zero-order valence-corrected chi connectivity index (χ0v) is 11.5. The molecule has 0 fully saturated rings. The van der Waals surface area contributed by atoms with Crippen molar-refractivity contribution in [1.82, 2.24) is 0 Å². The van der Waals surface area contributed by atoms with Gasteiger partial charge < -0.3 is 4.89 Å². The summed E-state index contributed by atoms with van der Waals surface area (Å²) in [5.41, 5.74) is 0. The predicted molar refractivity (Wildman–Crippen MR) is 65.3 cm³/mol. The van der Waals surface area contributed by atoms with E-state index in [9.17, 15) is 0 Å². The van der Waals surface area contributed by atoms with Crippen LogP contribution in [0.3, 0.4) is 0 Å². The van der Waals surface area contributed by atoms with E-state index in [1.807, 2.05) is 0 Å². The molecule has 0 saturated heterocycles. The zero-order chi connectivity index (χ0) is 14.0. The topological polar surface area (TPSA) is 64.6 Å². The molecule has 0 bridgehead atoms. The molecule has 0 unspecified atom stereocenters. The van der Waals surface area contributed by atoms with E-state index >= 15 is 0 Å². The van der Waals surface area contributed by atoms with E-state index in [-0.39, 0.29) is 0 Å². The number of rotatable bonds is 16. The van der Waals surface area contributed by atoms with Crippen molar-refractivity contribution in [3.8, 4) is 0 Å². The quantitative estimate of drug-likeness (QED) is 0.184. The van der Waals surface area contributed by atoms with Gasteiger partial charge in [-0.3, -0.25) is 0 Å². The van der Waals surface area contributed by atoms with Crippen molar-refractivity contribution < 1.29 is 35.0 Å². The fourth-order valence-electron chi connectivity index (χ4n) is 1.43. The third kappa shape index (κ3) is 17.3. The van der Waals surface area contributed by atoms with E-state index in [1.165, 1.54) is 38.5 Å². The monoisotopic (exact) mass is 280 g/mol. The molecule has 0 spiro atoms. The molecular formula is C12H24O7. The molecule has 0 aliphatic rings. The van der Waals surface area contributed by atoms with E-state index in [2.05, 4.69) is 48.5 Å². The third-order valence-corrected chi connectivity index (χ3v) is 2.35. The Hall–Kier alpha value is -0.700. The molecule has 0 aliphatic heterocycles. The summed E-state index contributed by atoms with van der Waals surface area (Å²) in [6, 6.07) is 0. The van der Waals surface area contributed by atoms with Crippen LogP contribution in [0.1, 0.15) is 58.3 Å². The second kappa shape index (κ2) is 17.3. The molecule has 0 aromatic heterocycles.